The summed E-state index contributed by atoms with van der Waals surface area (Å²) in [4.78, 5) is 15.4. The monoisotopic (exact) mass is 395 g/mol. The quantitative estimate of drug-likeness (QED) is 0.716. The van der Waals surface area contributed by atoms with Crippen molar-refractivity contribution >= 4 is 17.5 Å². The van der Waals surface area contributed by atoms with Gasteiger partial charge in [-0.05, 0) is 80.9 Å². The Morgan fingerprint density at radius 1 is 1.21 bits per heavy atom. The highest BCUT2D eigenvalue weighted by Gasteiger charge is 2.42. The zero-order valence-corrected chi connectivity index (χ0v) is 17.1. The van der Waals surface area contributed by atoms with Gasteiger partial charge in [-0.2, -0.15) is 5.26 Å². The van der Waals surface area contributed by atoms with Gasteiger partial charge in [-0.3, -0.25) is 0 Å². The average Bonchev–Trinajstić information content (AvgIpc) is 3.48. The zero-order chi connectivity index (χ0) is 19.5. The molecule has 2 atom stereocenters. The fourth-order valence-corrected chi connectivity index (χ4v) is 4.74. The summed E-state index contributed by atoms with van der Waals surface area (Å²) in [5.41, 5.74) is 2.73. The number of piperidine rings is 1. The molecule has 146 valence electrons. The van der Waals surface area contributed by atoms with E-state index in [1.54, 1.807) is 12.4 Å². The summed E-state index contributed by atoms with van der Waals surface area (Å²) in [6.07, 6.45) is 10.6. The third-order valence-corrected chi connectivity index (χ3v) is 6.35. The lowest BCUT2D eigenvalue weighted by Gasteiger charge is -2.32. The second-order valence-electron chi connectivity index (χ2n) is 8.21. The van der Waals surface area contributed by atoms with E-state index in [0.717, 1.165) is 54.5 Å². The molecule has 5 nitrogen and oxygen atoms in total. The Kier molecular flexibility index (Phi) is 5.77. The maximum Gasteiger partial charge on any atom is 0.225 e. The molecule has 0 amide bonds. The SMILES string of the molecule is Cc1cc(C#N)nc(CCCC2C[C@@H]2C2CCN(c3ncc(Cl)cn3)CC2)c1. The summed E-state index contributed by atoms with van der Waals surface area (Å²) in [6, 6.07) is 6.12. The molecule has 1 saturated carbocycles. The largest absolute Gasteiger partial charge is 0.341 e. The molecule has 1 saturated heterocycles. The summed E-state index contributed by atoms with van der Waals surface area (Å²) >= 11 is 5.88. The number of aryl methyl sites for hydroxylation is 2. The average molecular weight is 396 g/mol. The topological polar surface area (TPSA) is 65.7 Å². The van der Waals surface area contributed by atoms with Crippen LogP contribution in [0.15, 0.2) is 24.5 Å². The van der Waals surface area contributed by atoms with Gasteiger partial charge in [0.15, 0.2) is 0 Å². The number of anilines is 1. The predicted molar refractivity (Wildman–Crippen MR) is 110 cm³/mol. The molecular formula is C22H26ClN5. The highest BCUT2D eigenvalue weighted by Crippen LogP contribution is 2.50. The van der Waals surface area contributed by atoms with Gasteiger partial charge in [0.05, 0.1) is 17.4 Å². The van der Waals surface area contributed by atoms with Crippen LogP contribution in [0.4, 0.5) is 5.95 Å². The van der Waals surface area contributed by atoms with Crippen LogP contribution in [0.5, 0.6) is 0 Å². The number of rotatable bonds is 6. The van der Waals surface area contributed by atoms with Crippen LogP contribution in [0.3, 0.4) is 0 Å². The Morgan fingerprint density at radius 3 is 2.68 bits per heavy atom. The minimum absolute atomic E-state index is 0.538. The molecule has 0 bridgehead atoms. The second-order valence-corrected chi connectivity index (χ2v) is 8.65. The smallest absolute Gasteiger partial charge is 0.225 e. The molecule has 0 aromatic carbocycles. The van der Waals surface area contributed by atoms with E-state index in [1.807, 2.05) is 13.0 Å². The Labute approximate surface area is 171 Å². The van der Waals surface area contributed by atoms with E-state index < -0.39 is 0 Å². The van der Waals surface area contributed by atoms with Crippen molar-refractivity contribution in [3.8, 4) is 6.07 Å². The van der Waals surface area contributed by atoms with Crippen molar-refractivity contribution in [2.45, 2.75) is 45.4 Å². The summed E-state index contributed by atoms with van der Waals surface area (Å²) in [5, 5.41) is 9.65. The van der Waals surface area contributed by atoms with Gasteiger partial charge in [-0.25, -0.2) is 15.0 Å². The van der Waals surface area contributed by atoms with Crippen LogP contribution in [0.1, 0.15) is 49.1 Å². The fraction of sp³-hybridized carbons (Fsp3) is 0.545. The van der Waals surface area contributed by atoms with Crippen LogP contribution in [0.25, 0.3) is 0 Å². The first-order valence-corrected chi connectivity index (χ1v) is 10.6. The first-order chi connectivity index (χ1) is 13.6. The number of aromatic nitrogens is 3. The van der Waals surface area contributed by atoms with Gasteiger partial charge < -0.3 is 4.90 Å². The van der Waals surface area contributed by atoms with Crippen molar-refractivity contribution in [1.82, 2.24) is 15.0 Å². The molecule has 1 aliphatic carbocycles. The van der Waals surface area contributed by atoms with Crippen molar-refractivity contribution in [2.24, 2.45) is 17.8 Å². The van der Waals surface area contributed by atoms with Gasteiger partial charge in [0, 0.05) is 18.8 Å². The molecular weight excluding hydrogens is 370 g/mol. The lowest BCUT2D eigenvalue weighted by Crippen LogP contribution is -2.35. The van der Waals surface area contributed by atoms with Crippen molar-refractivity contribution in [3.05, 3.63) is 46.5 Å². The Hall–Kier alpha value is -2.19. The van der Waals surface area contributed by atoms with Crippen molar-refractivity contribution in [3.63, 3.8) is 0 Å². The van der Waals surface area contributed by atoms with Crippen LogP contribution < -0.4 is 4.90 Å². The number of halogens is 1. The maximum atomic E-state index is 9.06. The molecule has 1 unspecified atom stereocenters. The third-order valence-electron chi connectivity index (χ3n) is 6.16. The van der Waals surface area contributed by atoms with Crippen molar-refractivity contribution in [2.75, 3.05) is 18.0 Å². The minimum Gasteiger partial charge on any atom is -0.341 e. The molecule has 2 aliphatic rings. The highest BCUT2D eigenvalue weighted by molar-refractivity contribution is 6.30. The molecule has 0 N–H and O–H groups in total. The number of nitrogens with zero attached hydrogens (tertiary/aromatic N) is 5. The van der Waals surface area contributed by atoms with Gasteiger partial charge in [-0.1, -0.05) is 11.6 Å². The first kappa shape index (κ1) is 19.1. The van der Waals surface area contributed by atoms with E-state index in [2.05, 4.69) is 32.0 Å². The number of hydrogen-bond acceptors (Lipinski definition) is 5. The molecule has 0 radical (unpaired) electrons. The number of hydrogen-bond donors (Lipinski definition) is 0. The van der Waals surface area contributed by atoms with Crippen LogP contribution in [-0.2, 0) is 6.42 Å². The van der Waals surface area contributed by atoms with Gasteiger partial charge >= 0.3 is 0 Å². The van der Waals surface area contributed by atoms with Crippen LogP contribution in [-0.4, -0.2) is 28.0 Å². The molecule has 2 aromatic rings. The third kappa shape index (κ3) is 4.62. The zero-order valence-electron chi connectivity index (χ0n) is 16.3. The lowest BCUT2D eigenvalue weighted by atomic mass is 9.90. The normalized spacial score (nSPS) is 22.1. The molecule has 2 aromatic heterocycles. The highest BCUT2D eigenvalue weighted by atomic mass is 35.5. The summed E-state index contributed by atoms with van der Waals surface area (Å²) in [6.45, 7) is 4.11. The van der Waals surface area contributed by atoms with Crippen molar-refractivity contribution in [1.29, 1.82) is 5.26 Å². The van der Waals surface area contributed by atoms with E-state index in [4.69, 9.17) is 16.9 Å². The summed E-state index contributed by atoms with van der Waals surface area (Å²) < 4.78 is 0. The number of nitriles is 1. The Bertz CT molecular complexity index is 852. The molecule has 4 rings (SSSR count). The molecule has 0 spiro atoms. The van der Waals surface area contributed by atoms with E-state index >= 15 is 0 Å². The van der Waals surface area contributed by atoms with Crippen LogP contribution >= 0.6 is 11.6 Å². The molecule has 3 heterocycles. The second kappa shape index (κ2) is 8.45. The standard InChI is InChI=1S/C22H26ClN5/c1-15-9-19(27-20(10-15)12-24)4-2-3-17-11-21(17)16-5-7-28(8-6-16)22-25-13-18(23)14-26-22/h9-10,13-14,16-17,21H,2-8,11H2,1H3/t17?,21-/m1/s1. The van der Waals surface area contributed by atoms with E-state index in [0.29, 0.717) is 10.7 Å². The van der Waals surface area contributed by atoms with Gasteiger partial charge in [-0.15, -0.1) is 0 Å². The fourth-order valence-electron chi connectivity index (χ4n) is 4.65. The Balaban J connectivity index is 1.20. The van der Waals surface area contributed by atoms with Crippen molar-refractivity contribution < 1.29 is 0 Å². The molecule has 28 heavy (non-hydrogen) atoms. The molecule has 1 aliphatic heterocycles. The summed E-state index contributed by atoms with van der Waals surface area (Å²) in [5.74, 6) is 3.42. The lowest BCUT2D eigenvalue weighted by molar-refractivity contribution is 0.341. The van der Waals surface area contributed by atoms with Crippen LogP contribution in [0, 0.1) is 36.0 Å². The predicted octanol–water partition coefficient (Wildman–Crippen LogP) is 4.58. The minimum atomic E-state index is 0.538. The van der Waals surface area contributed by atoms with Gasteiger partial charge in [0.2, 0.25) is 5.95 Å². The Morgan fingerprint density at radius 2 is 1.96 bits per heavy atom. The van der Waals surface area contributed by atoms with Gasteiger partial charge in [0.1, 0.15) is 11.8 Å². The molecule has 2 fully saturated rings. The maximum absolute atomic E-state index is 9.06. The van der Waals surface area contributed by atoms with Crippen LogP contribution in [0.2, 0.25) is 5.02 Å². The molecule has 6 heteroatoms. The van der Waals surface area contributed by atoms with E-state index in [-0.39, 0.29) is 0 Å². The number of pyridine rings is 1. The first-order valence-electron chi connectivity index (χ1n) is 10.2. The van der Waals surface area contributed by atoms with E-state index in [1.165, 1.54) is 32.1 Å². The summed E-state index contributed by atoms with van der Waals surface area (Å²) in [7, 11) is 0. The van der Waals surface area contributed by atoms with E-state index in [9.17, 15) is 0 Å². The van der Waals surface area contributed by atoms with Gasteiger partial charge in [0.25, 0.3) is 0 Å².